The van der Waals surface area contributed by atoms with Crippen LogP contribution in [-0.4, -0.2) is 30.9 Å². The largest absolute Gasteiger partial charge is 0.354 e. The van der Waals surface area contributed by atoms with Gasteiger partial charge in [-0.15, -0.1) is 0 Å². The highest BCUT2D eigenvalue weighted by Gasteiger charge is 2.18. The maximum atomic E-state index is 12.1. The summed E-state index contributed by atoms with van der Waals surface area (Å²) in [5.41, 5.74) is 1.35. The molecule has 0 aliphatic rings. The second-order valence-electron chi connectivity index (χ2n) is 4.54. The van der Waals surface area contributed by atoms with Gasteiger partial charge in [-0.05, 0) is 18.2 Å². The molecule has 0 spiro atoms. The van der Waals surface area contributed by atoms with Gasteiger partial charge in [0.25, 0.3) is 5.91 Å². The maximum absolute atomic E-state index is 12.1. The van der Waals surface area contributed by atoms with Crippen molar-refractivity contribution < 1.29 is 13.2 Å². The first-order chi connectivity index (χ1) is 10.6. The molecule has 6 nitrogen and oxygen atoms in total. The first-order valence-electron chi connectivity index (χ1n) is 6.46. The number of benzene rings is 1. The van der Waals surface area contributed by atoms with Gasteiger partial charge in [-0.3, -0.25) is 9.78 Å². The number of hydrogen-bond donors (Lipinski definition) is 2. The average Bonchev–Trinajstić information content (AvgIpc) is 2.93. The lowest BCUT2D eigenvalue weighted by atomic mass is 10.3. The normalized spacial score (nSPS) is 11.0. The summed E-state index contributed by atoms with van der Waals surface area (Å²) in [5, 5.41) is 3.24. The van der Waals surface area contributed by atoms with Gasteiger partial charge >= 0.3 is 0 Å². The van der Waals surface area contributed by atoms with Gasteiger partial charge < -0.3 is 9.88 Å². The van der Waals surface area contributed by atoms with Gasteiger partial charge in [0.2, 0.25) is 0 Å². The first kappa shape index (κ1) is 14.3. The Balaban J connectivity index is 2.42. The minimum atomic E-state index is -2.80. The van der Waals surface area contributed by atoms with E-state index in [2.05, 4.69) is 16.4 Å². The van der Waals surface area contributed by atoms with Gasteiger partial charge in [-0.25, -0.2) is 8.42 Å². The van der Waals surface area contributed by atoms with Crippen molar-refractivity contribution in [3.05, 3.63) is 54.5 Å². The Morgan fingerprint density at radius 3 is 2.82 bits per heavy atom. The molecule has 0 saturated carbocycles. The number of thiol groups is 1. The van der Waals surface area contributed by atoms with E-state index in [0.717, 1.165) is 0 Å². The highest BCUT2D eigenvalue weighted by atomic mass is 32.2. The van der Waals surface area contributed by atoms with Crippen molar-refractivity contribution in [2.24, 2.45) is 0 Å². The molecule has 3 rings (SSSR count). The van der Waals surface area contributed by atoms with Crippen LogP contribution in [0.3, 0.4) is 0 Å². The number of amides is 1. The smallest absolute Gasteiger partial charge is 0.268 e. The Bertz CT molecular complexity index is 936. The molecule has 0 aliphatic heterocycles. The molecule has 0 bridgehead atoms. The van der Waals surface area contributed by atoms with E-state index in [1.54, 1.807) is 35.0 Å². The zero-order valence-electron chi connectivity index (χ0n) is 11.6. The molecule has 7 heteroatoms. The van der Waals surface area contributed by atoms with Crippen LogP contribution in [0, 0.1) is 6.07 Å². The molecule has 1 amide bonds. The number of fused-ring (bicyclic) bond motifs is 1. The van der Waals surface area contributed by atoms with Crippen LogP contribution in [0.1, 0.15) is 10.5 Å². The fourth-order valence-electron chi connectivity index (χ4n) is 2.35. The zero-order chi connectivity index (χ0) is 15.7. The molecule has 1 radical (unpaired) electrons. The van der Waals surface area contributed by atoms with Crippen LogP contribution in [0.15, 0.2) is 47.6 Å². The van der Waals surface area contributed by atoms with E-state index >= 15 is 0 Å². The monoisotopic (exact) mass is 314 g/mol. The Morgan fingerprint density at radius 2 is 2.09 bits per heavy atom. The summed E-state index contributed by atoms with van der Waals surface area (Å²) in [6, 6.07) is 11.1. The predicted molar refractivity (Wildman–Crippen MR) is 81.9 cm³/mol. The van der Waals surface area contributed by atoms with Crippen LogP contribution in [0.25, 0.3) is 16.6 Å². The van der Waals surface area contributed by atoms with Gasteiger partial charge in [-0.1, -0.05) is 12.1 Å². The molecule has 1 aromatic carbocycles. The van der Waals surface area contributed by atoms with Crippen molar-refractivity contribution in [3.8, 4) is 5.69 Å². The fourth-order valence-corrected chi connectivity index (χ4v) is 2.91. The molecule has 0 saturated heterocycles. The Hall–Kier alpha value is -2.67. The number of rotatable bonds is 3. The summed E-state index contributed by atoms with van der Waals surface area (Å²) >= 11 is 0. The van der Waals surface area contributed by atoms with Crippen molar-refractivity contribution in [1.29, 1.82) is 0 Å². The Kier molecular flexibility index (Phi) is 3.64. The third-order valence-electron chi connectivity index (χ3n) is 3.31. The molecule has 0 unspecified atom stereocenters. The third kappa shape index (κ3) is 2.25. The number of para-hydroxylation sites is 1. The van der Waals surface area contributed by atoms with E-state index in [4.69, 9.17) is 0 Å². The maximum Gasteiger partial charge on any atom is 0.268 e. The van der Waals surface area contributed by atoms with E-state index < -0.39 is 10.7 Å². The molecule has 0 fully saturated rings. The molecule has 1 N–H and O–H groups in total. The van der Waals surface area contributed by atoms with E-state index in [1.165, 1.54) is 19.3 Å². The lowest BCUT2D eigenvalue weighted by Gasteiger charge is -2.11. The third-order valence-corrected chi connectivity index (χ3v) is 4.08. The van der Waals surface area contributed by atoms with E-state index in [1.807, 2.05) is 0 Å². The van der Waals surface area contributed by atoms with Gasteiger partial charge in [0.15, 0.2) is 10.7 Å². The van der Waals surface area contributed by atoms with Crippen LogP contribution < -0.4 is 5.32 Å². The highest BCUT2D eigenvalue weighted by Crippen LogP contribution is 2.26. The molecule has 111 valence electrons. The number of carbonyl (C=O) groups excluding carboxylic acids is 1. The standard InChI is InChI=1S/C15H12N3O3S/c1-16-15(19)12-8-10-6-7-17-9-13(10)18(12)11-4-2-3-5-14(11)22(20)21/h2-5,7-9,22H,1H3,(H,16,19). The summed E-state index contributed by atoms with van der Waals surface area (Å²) < 4.78 is 24.6. The highest BCUT2D eigenvalue weighted by molar-refractivity contribution is 7.72. The van der Waals surface area contributed by atoms with Crippen LogP contribution >= 0.6 is 0 Å². The Labute approximate surface area is 128 Å². The molecule has 0 atom stereocenters. The quantitative estimate of drug-likeness (QED) is 0.711. The van der Waals surface area contributed by atoms with Crippen LogP contribution in [0.2, 0.25) is 0 Å². The lowest BCUT2D eigenvalue weighted by molar-refractivity contribution is 0.0956. The number of pyridine rings is 1. The summed E-state index contributed by atoms with van der Waals surface area (Å²) in [7, 11) is -1.28. The lowest BCUT2D eigenvalue weighted by Crippen LogP contribution is -2.21. The Morgan fingerprint density at radius 1 is 1.32 bits per heavy atom. The first-order valence-corrected chi connectivity index (χ1v) is 7.64. The minimum Gasteiger partial charge on any atom is -0.354 e. The van der Waals surface area contributed by atoms with Crippen molar-refractivity contribution >= 4 is 27.5 Å². The van der Waals surface area contributed by atoms with Crippen molar-refractivity contribution in [1.82, 2.24) is 14.9 Å². The van der Waals surface area contributed by atoms with Crippen molar-refractivity contribution in [2.75, 3.05) is 7.05 Å². The van der Waals surface area contributed by atoms with E-state index in [9.17, 15) is 13.2 Å². The molecule has 2 aromatic heterocycles. The molecule has 3 aromatic rings. The second kappa shape index (κ2) is 5.61. The van der Waals surface area contributed by atoms with Crippen LogP contribution in [0.5, 0.6) is 0 Å². The summed E-state index contributed by atoms with van der Waals surface area (Å²) in [5.74, 6) is -0.319. The topological polar surface area (TPSA) is 81.1 Å². The predicted octanol–water partition coefficient (Wildman–Crippen LogP) is 1.16. The summed E-state index contributed by atoms with van der Waals surface area (Å²) in [6.07, 6.45) is 3.08. The SMILES string of the molecule is CNC(=O)c1cc2[c]cncc2n1-c1ccccc1[SH](=O)=O. The molecular weight excluding hydrogens is 302 g/mol. The van der Waals surface area contributed by atoms with E-state index in [-0.39, 0.29) is 10.8 Å². The second-order valence-corrected chi connectivity index (χ2v) is 5.54. The van der Waals surface area contributed by atoms with Gasteiger partial charge in [0, 0.05) is 24.7 Å². The van der Waals surface area contributed by atoms with Gasteiger partial charge in [0.05, 0.1) is 22.3 Å². The minimum absolute atomic E-state index is 0.143. The fraction of sp³-hybridized carbons (Fsp3) is 0.0667. The molecular formula is C15H12N3O3S. The van der Waals surface area contributed by atoms with Crippen LogP contribution in [0.4, 0.5) is 0 Å². The number of carbonyl (C=O) groups is 1. The molecule has 0 aliphatic carbocycles. The average molecular weight is 314 g/mol. The summed E-state index contributed by atoms with van der Waals surface area (Å²) in [4.78, 5) is 16.3. The number of hydrogen-bond acceptors (Lipinski definition) is 4. The van der Waals surface area contributed by atoms with Gasteiger partial charge in [0.1, 0.15) is 5.69 Å². The number of nitrogens with one attached hydrogen (secondary N) is 1. The van der Waals surface area contributed by atoms with Crippen LogP contribution in [-0.2, 0) is 10.7 Å². The summed E-state index contributed by atoms with van der Waals surface area (Å²) in [6.45, 7) is 0. The number of aromatic nitrogens is 2. The van der Waals surface area contributed by atoms with Crippen molar-refractivity contribution in [3.63, 3.8) is 0 Å². The van der Waals surface area contributed by atoms with Crippen molar-refractivity contribution in [2.45, 2.75) is 4.90 Å². The number of nitrogens with zero attached hydrogens (tertiary/aromatic N) is 2. The zero-order valence-corrected chi connectivity index (χ0v) is 12.5. The molecule has 22 heavy (non-hydrogen) atoms. The van der Waals surface area contributed by atoms with E-state index in [0.29, 0.717) is 22.3 Å². The van der Waals surface area contributed by atoms with Gasteiger partial charge in [-0.2, -0.15) is 0 Å². The molecule has 2 heterocycles.